The number of fused-ring (bicyclic) bond motifs is 1. The molecule has 0 aliphatic carbocycles. The first-order valence-electron chi connectivity index (χ1n) is 4.65. The first kappa shape index (κ1) is 9.98. The summed E-state index contributed by atoms with van der Waals surface area (Å²) in [6.45, 7) is 2.53. The van der Waals surface area contributed by atoms with Crippen molar-refractivity contribution in [2.45, 2.75) is 13.5 Å². The van der Waals surface area contributed by atoms with Crippen LogP contribution >= 0.6 is 11.3 Å². The highest BCUT2D eigenvalue weighted by molar-refractivity contribution is 7.17. The van der Waals surface area contributed by atoms with E-state index in [9.17, 15) is 4.79 Å². The van der Waals surface area contributed by atoms with E-state index in [1.165, 1.54) is 0 Å². The summed E-state index contributed by atoms with van der Waals surface area (Å²) >= 11 is 1.56. The van der Waals surface area contributed by atoms with Gasteiger partial charge in [0, 0.05) is 6.54 Å². The summed E-state index contributed by atoms with van der Waals surface area (Å²) < 4.78 is 2.84. The fourth-order valence-electron chi connectivity index (χ4n) is 1.56. The van der Waals surface area contributed by atoms with E-state index < -0.39 is 5.97 Å². The zero-order chi connectivity index (χ0) is 10.8. The standard InChI is InChI=1S/C11H11NO2S/c1-2-3-5-12-8-4-6-15-10(8)7-9(12)11(13)14/h2-4,6-7H,5H2,1H3,(H,13,14)/b3-2+. The van der Waals surface area contributed by atoms with Crippen molar-refractivity contribution in [1.29, 1.82) is 0 Å². The van der Waals surface area contributed by atoms with Crippen molar-refractivity contribution in [3.8, 4) is 0 Å². The van der Waals surface area contributed by atoms with Gasteiger partial charge in [0.1, 0.15) is 5.69 Å². The average molecular weight is 221 g/mol. The maximum Gasteiger partial charge on any atom is 0.352 e. The summed E-state index contributed by atoms with van der Waals surface area (Å²) in [4.78, 5) is 11.0. The maximum atomic E-state index is 11.0. The second kappa shape index (κ2) is 3.90. The Labute approximate surface area is 91.3 Å². The van der Waals surface area contributed by atoms with Crippen LogP contribution in [0.4, 0.5) is 0 Å². The van der Waals surface area contributed by atoms with Gasteiger partial charge in [0.2, 0.25) is 0 Å². The fraction of sp³-hybridized carbons (Fsp3) is 0.182. The summed E-state index contributed by atoms with van der Waals surface area (Å²) in [5, 5.41) is 11.0. The predicted molar refractivity (Wildman–Crippen MR) is 61.6 cm³/mol. The Hall–Kier alpha value is -1.55. The molecule has 0 bridgehead atoms. The molecule has 2 rings (SSSR count). The zero-order valence-corrected chi connectivity index (χ0v) is 9.12. The third kappa shape index (κ3) is 1.68. The molecule has 2 aromatic rings. The van der Waals surface area contributed by atoms with Gasteiger partial charge < -0.3 is 9.67 Å². The molecule has 0 fully saturated rings. The van der Waals surface area contributed by atoms with Gasteiger partial charge in [-0.3, -0.25) is 0 Å². The van der Waals surface area contributed by atoms with Crippen molar-refractivity contribution < 1.29 is 9.90 Å². The molecule has 0 aliphatic heterocycles. The van der Waals surface area contributed by atoms with Crippen molar-refractivity contribution in [2.75, 3.05) is 0 Å². The summed E-state index contributed by atoms with van der Waals surface area (Å²) in [5.74, 6) is -0.872. The Bertz CT molecular complexity index is 522. The van der Waals surface area contributed by atoms with Gasteiger partial charge in [0.05, 0.1) is 10.2 Å². The third-order valence-electron chi connectivity index (χ3n) is 2.27. The van der Waals surface area contributed by atoms with Crippen molar-refractivity contribution in [3.05, 3.63) is 35.4 Å². The van der Waals surface area contributed by atoms with Crippen LogP contribution in [0.5, 0.6) is 0 Å². The van der Waals surface area contributed by atoms with Crippen molar-refractivity contribution in [1.82, 2.24) is 4.57 Å². The quantitative estimate of drug-likeness (QED) is 0.809. The lowest BCUT2D eigenvalue weighted by Crippen LogP contribution is -2.07. The number of hydrogen-bond donors (Lipinski definition) is 1. The molecule has 3 nitrogen and oxygen atoms in total. The average Bonchev–Trinajstić information content (AvgIpc) is 2.74. The molecule has 78 valence electrons. The third-order valence-corrected chi connectivity index (χ3v) is 3.12. The number of rotatable bonds is 3. The highest BCUT2D eigenvalue weighted by Gasteiger charge is 2.13. The molecule has 2 heterocycles. The number of nitrogens with zero attached hydrogens (tertiary/aromatic N) is 1. The largest absolute Gasteiger partial charge is 0.477 e. The van der Waals surface area contributed by atoms with E-state index in [1.807, 2.05) is 35.1 Å². The minimum atomic E-state index is -0.872. The number of aromatic nitrogens is 1. The maximum absolute atomic E-state index is 11.0. The lowest BCUT2D eigenvalue weighted by atomic mass is 10.4. The van der Waals surface area contributed by atoms with Gasteiger partial charge in [0.15, 0.2) is 0 Å². The first-order valence-corrected chi connectivity index (χ1v) is 5.53. The van der Waals surface area contributed by atoms with Gasteiger partial charge in [-0.05, 0) is 24.4 Å². The Kier molecular flexibility index (Phi) is 2.60. The second-order valence-corrected chi connectivity index (χ2v) is 4.13. The number of thiophene rings is 1. The van der Waals surface area contributed by atoms with Crippen LogP contribution in [-0.2, 0) is 6.54 Å². The molecule has 15 heavy (non-hydrogen) atoms. The molecule has 0 saturated heterocycles. The van der Waals surface area contributed by atoms with Crippen LogP contribution in [0.25, 0.3) is 10.2 Å². The van der Waals surface area contributed by atoms with Crippen LogP contribution in [0, 0.1) is 0 Å². The van der Waals surface area contributed by atoms with E-state index in [-0.39, 0.29) is 0 Å². The molecule has 0 spiro atoms. The number of allylic oxidation sites excluding steroid dienone is 2. The molecule has 2 aromatic heterocycles. The normalized spacial score (nSPS) is 11.5. The summed E-state index contributed by atoms with van der Waals surface area (Å²) in [6.07, 6.45) is 3.87. The number of aromatic carboxylic acids is 1. The van der Waals surface area contributed by atoms with E-state index in [0.717, 1.165) is 10.2 Å². The van der Waals surface area contributed by atoms with Gasteiger partial charge in [-0.15, -0.1) is 11.3 Å². The first-order chi connectivity index (χ1) is 7.24. The minimum Gasteiger partial charge on any atom is -0.477 e. The van der Waals surface area contributed by atoms with Crippen LogP contribution < -0.4 is 0 Å². The van der Waals surface area contributed by atoms with Crippen LogP contribution in [0.3, 0.4) is 0 Å². The number of hydrogen-bond acceptors (Lipinski definition) is 2. The van der Waals surface area contributed by atoms with Gasteiger partial charge >= 0.3 is 5.97 Å². The number of carbonyl (C=O) groups is 1. The van der Waals surface area contributed by atoms with Crippen LogP contribution in [0.2, 0.25) is 0 Å². The van der Waals surface area contributed by atoms with Crippen molar-refractivity contribution >= 4 is 27.5 Å². The molecule has 0 saturated carbocycles. The van der Waals surface area contributed by atoms with E-state index in [0.29, 0.717) is 12.2 Å². The SMILES string of the molecule is C/C=C/Cn1c(C(=O)O)cc2sccc21. The Morgan fingerprint density at radius 2 is 2.47 bits per heavy atom. The predicted octanol–water partition coefficient (Wildman–Crippen LogP) is 2.98. The summed E-state index contributed by atoms with van der Waals surface area (Å²) in [5.41, 5.74) is 1.35. The topological polar surface area (TPSA) is 42.2 Å². The molecule has 0 aliphatic rings. The van der Waals surface area contributed by atoms with E-state index in [1.54, 1.807) is 17.4 Å². The van der Waals surface area contributed by atoms with Crippen LogP contribution in [0.1, 0.15) is 17.4 Å². The van der Waals surface area contributed by atoms with Gasteiger partial charge in [-0.25, -0.2) is 4.79 Å². The van der Waals surface area contributed by atoms with Gasteiger partial charge in [-0.2, -0.15) is 0 Å². The summed E-state index contributed by atoms with van der Waals surface area (Å²) in [7, 11) is 0. The molecule has 4 heteroatoms. The molecular formula is C11H11NO2S. The van der Waals surface area contributed by atoms with Gasteiger partial charge in [-0.1, -0.05) is 12.2 Å². The zero-order valence-electron chi connectivity index (χ0n) is 8.30. The highest BCUT2D eigenvalue weighted by Crippen LogP contribution is 2.25. The minimum absolute atomic E-state index is 0.356. The van der Waals surface area contributed by atoms with E-state index in [2.05, 4.69) is 0 Å². The van der Waals surface area contributed by atoms with Gasteiger partial charge in [0.25, 0.3) is 0 Å². The number of carboxylic acid groups (broad SMARTS) is 1. The van der Waals surface area contributed by atoms with E-state index >= 15 is 0 Å². The molecule has 0 radical (unpaired) electrons. The molecule has 0 atom stereocenters. The monoisotopic (exact) mass is 221 g/mol. The molecule has 0 amide bonds. The molecular weight excluding hydrogens is 210 g/mol. The molecule has 1 N–H and O–H groups in total. The van der Waals surface area contributed by atoms with E-state index in [4.69, 9.17) is 5.11 Å². The smallest absolute Gasteiger partial charge is 0.352 e. The molecule has 0 unspecified atom stereocenters. The van der Waals surface area contributed by atoms with Crippen molar-refractivity contribution in [2.24, 2.45) is 0 Å². The number of carboxylic acids is 1. The lowest BCUT2D eigenvalue weighted by molar-refractivity contribution is 0.0686. The van der Waals surface area contributed by atoms with Crippen LogP contribution in [-0.4, -0.2) is 15.6 Å². The lowest BCUT2D eigenvalue weighted by Gasteiger charge is -2.02. The Balaban J connectivity index is 2.58. The highest BCUT2D eigenvalue weighted by atomic mass is 32.1. The molecule has 0 aromatic carbocycles. The van der Waals surface area contributed by atoms with Crippen LogP contribution in [0.15, 0.2) is 29.7 Å². The second-order valence-electron chi connectivity index (χ2n) is 3.18. The Morgan fingerprint density at radius 1 is 1.67 bits per heavy atom. The fourth-order valence-corrected chi connectivity index (χ4v) is 2.38. The summed E-state index contributed by atoms with van der Waals surface area (Å²) in [6, 6.07) is 3.68. The van der Waals surface area contributed by atoms with Crippen molar-refractivity contribution in [3.63, 3.8) is 0 Å². The Morgan fingerprint density at radius 3 is 3.13 bits per heavy atom.